The molecule has 0 N–H and O–H groups in total. The molecule has 0 spiro atoms. The van der Waals surface area contributed by atoms with E-state index in [1.54, 1.807) is 0 Å². The zero-order chi connectivity index (χ0) is 17.7. The van der Waals surface area contributed by atoms with Crippen molar-refractivity contribution in [2.24, 2.45) is 10.8 Å². The highest BCUT2D eigenvalue weighted by Gasteiger charge is 2.53. The van der Waals surface area contributed by atoms with E-state index in [2.05, 4.69) is 101 Å². The average molecular weight is 322 g/mol. The van der Waals surface area contributed by atoms with Gasteiger partial charge in [-0.3, -0.25) is 0 Å². The van der Waals surface area contributed by atoms with E-state index in [1.807, 2.05) is 0 Å². The first kappa shape index (κ1) is 16.9. The topological polar surface area (TPSA) is 6.48 Å². The summed E-state index contributed by atoms with van der Waals surface area (Å²) in [5.41, 5.74) is 5.47. The van der Waals surface area contributed by atoms with Gasteiger partial charge < -0.3 is 9.80 Å². The second kappa shape index (κ2) is 5.54. The molecule has 0 saturated carbocycles. The summed E-state index contributed by atoms with van der Waals surface area (Å²) < 4.78 is 0. The van der Waals surface area contributed by atoms with Gasteiger partial charge in [0.05, 0.1) is 11.4 Å². The quantitative estimate of drug-likeness (QED) is 0.720. The predicted octanol–water partition coefficient (Wildman–Crippen LogP) is 5.39. The van der Waals surface area contributed by atoms with Crippen LogP contribution in [0.15, 0.2) is 60.2 Å². The fraction of sp³-hybridized carbons (Fsp3) is 0.455. The SMILES string of the molecule is C=CC1=C(/C=C\C)C(C)(C)C(C)(C)C2N(C)c3ccccc3N2C1. The van der Waals surface area contributed by atoms with Crippen molar-refractivity contribution in [1.82, 2.24) is 0 Å². The van der Waals surface area contributed by atoms with Gasteiger partial charge in [-0.2, -0.15) is 0 Å². The van der Waals surface area contributed by atoms with Gasteiger partial charge in [0.2, 0.25) is 0 Å². The first-order valence-corrected chi connectivity index (χ1v) is 8.84. The van der Waals surface area contributed by atoms with E-state index in [-0.39, 0.29) is 10.8 Å². The molecule has 1 aromatic rings. The molecule has 0 radical (unpaired) electrons. The minimum absolute atomic E-state index is 0.0265. The van der Waals surface area contributed by atoms with Crippen molar-refractivity contribution in [2.45, 2.75) is 40.8 Å². The molecule has 0 fully saturated rings. The molecule has 1 aromatic carbocycles. The van der Waals surface area contributed by atoms with Gasteiger partial charge in [0.15, 0.2) is 0 Å². The van der Waals surface area contributed by atoms with Crippen molar-refractivity contribution < 1.29 is 0 Å². The van der Waals surface area contributed by atoms with E-state index in [9.17, 15) is 0 Å². The lowest BCUT2D eigenvalue weighted by molar-refractivity contribution is 0.121. The van der Waals surface area contributed by atoms with E-state index >= 15 is 0 Å². The van der Waals surface area contributed by atoms with E-state index in [0.29, 0.717) is 6.17 Å². The van der Waals surface area contributed by atoms with Crippen LogP contribution in [0.25, 0.3) is 0 Å². The number of benzene rings is 1. The van der Waals surface area contributed by atoms with Crippen molar-refractivity contribution in [2.75, 3.05) is 23.4 Å². The Bertz CT molecular complexity index is 721. The minimum Gasteiger partial charge on any atom is -0.352 e. The number of fused-ring (bicyclic) bond motifs is 3. The van der Waals surface area contributed by atoms with Crippen molar-refractivity contribution >= 4 is 11.4 Å². The van der Waals surface area contributed by atoms with Crippen LogP contribution in [0, 0.1) is 10.8 Å². The fourth-order valence-corrected chi connectivity index (χ4v) is 4.52. The van der Waals surface area contributed by atoms with Gasteiger partial charge in [-0.1, -0.05) is 64.6 Å². The number of rotatable bonds is 2. The third kappa shape index (κ3) is 2.08. The van der Waals surface area contributed by atoms with Crippen molar-refractivity contribution in [3.05, 3.63) is 60.2 Å². The number of hydrogen-bond acceptors (Lipinski definition) is 2. The molecule has 2 aliphatic rings. The second-order valence-corrected chi connectivity index (χ2v) is 8.09. The van der Waals surface area contributed by atoms with Crippen LogP contribution in [0.5, 0.6) is 0 Å². The Kier molecular flexibility index (Phi) is 3.90. The Morgan fingerprint density at radius 1 is 1.12 bits per heavy atom. The lowest BCUT2D eigenvalue weighted by Crippen LogP contribution is -2.55. The van der Waals surface area contributed by atoms with Crippen molar-refractivity contribution in [1.29, 1.82) is 0 Å². The maximum Gasteiger partial charge on any atom is 0.108 e. The highest BCUT2D eigenvalue weighted by molar-refractivity contribution is 5.78. The van der Waals surface area contributed by atoms with E-state index in [0.717, 1.165) is 6.54 Å². The summed E-state index contributed by atoms with van der Waals surface area (Å²) in [7, 11) is 2.23. The molecular weight excluding hydrogens is 292 g/mol. The van der Waals surface area contributed by atoms with Crippen LogP contribution >= 0.6 is 0 Å². The van der Waals surface area contributed by atoms with Crippen LogP contribution in [0.2, 0.25) is 0 Å². The van der Waals surface area contributed by atoms with Crippen LogP contribution < -0.4 is 9.80 Å². The molecular formula is C22H30N2. The summed E-state index contributed by atoms with van der Waals surface area (Å²) in [6, 6.07) is 8.75. The summed E-state index contributed by atoms with van der Waals surface area (Å²) in [6.07, 6.45) is 6.82. The smallest absolute Gasteiger partial charge is 0.108 e. The van der Waals surface area contributed by atoms with Crippen LogP contribution in [-0.4, -0.2) is 19.8 Å². The molecule has 3 rings (SSSR count). The Labute approximate surface area is 147 Å². The average Bonchev–Trinajstić information content (AvgIpc) is 2.80. The Hall–Kier alpha value is -1.96. The Morgan fingerprint density at radius 2 is 1.75 bits per heavy atom. The van der Waals surface area contributed by atoms with Gasteiger partial charge >= 0.3 is 0 Å². The molecule has 0 aliphatic carbocycles. The zero-order valence-electron chi connectivity index (χ0n) is 15.9. The number of allylic oxidation sites excluding steroid dienone is 3. The van der Waals surface area contributed by atoms with Gasteiger partial charge in [0.25, 0.3) is 0 Å². The molecule has 24 heavy (non-hydrogen) atoms. The van der Waals surface area contributed by atoms with E-state index in [4.69, 9.17) is 0 Å². The number of para-hydroxylation sites is 2. The maximum atomic E-state index is 4.13. The second-order valence-electron chi connectivity index (χ2n) is 8.09. The molecule has 0 saturated heterocycles. The van der Waals surface area contributed by atoms with Crippen LogP contribution in [0.4, 0.5) is 11.4 Å². The lowest BCUT2D eigenvalue weighted by Gasteiger charge is -2.49. The lowest BCUT2D eigenvalue weighted by atomic mass is 9.61. The summed E-state index contributed by atoms with van der Waals surface area (Å²) >= 11 is 0. The molecule has 2 heteroatoms. The summed E-state index contributed by atoms with van der Waals surface area (Å²) in [5.74, 6) is 0. The van der Waals surface area contributed by atoms with E-state index in [1.165, 1.54) is 22.5 Å². The first-order valence-electron chi connectivity index (χ1n) is 8.84. The molecule has 1 unspecified atom stereocenters. The summed E-state index contributed by atoms with van der Waals surface area (Å²) in [4.78, 5) is 5.01. The van der Waals surface area contributed by atoms with Gasteiger partial charge in [0.1, 0.15) is 6.17 Å². The molecule has 0 aromatic heterocycles. The minimum atomic E-state index is 0.0265. The van der Waals surface area contributed by atoms with Gasteiger partial charge in [0, 0.05) is 19.0 Å². The normalized spacial score (nSPS) is 24.8. The standard InChI is InChI=1S/C22H30N2/c1-8-12-17-16(9-2)15-24-19-14-11-10-13-18(19)23(7)20(24)22(5,6)21(17,3)4/h8-14,20H,2,15H2,1,3-7H3/b12-8-. The third-order valence-corrected chi connectivity index (χ3v) is 6.43. The van der Waals surface area contributed by atoms with E-state index < -0.39 is 0 Å². The number of anilines is 2. The molecule has 2 aliphatic heterocycles. The summed E-state index contributed by atoms with van der Waals surface area (Å²) in [6.45, 7) is 16.7. The summed E-state index contributed by atoms with van der Waals surface area (Å²) in [5, 5.41) is 0. The Balaban J connectivity index is 2.27. The molecule has 0 bridgehead atoms. The highest BCUT2D eigenvalue weighted by atomic mass is 15.4. The monoisotopic (exact) mass is 322 g/mol. The van der Waals surface area contributed by atoms with Gasteiger partial charge in [-0.05, 0) is 35.6 Å². The predicted molar refractivity (Wildman–Crippen MR) is 106 cm³/mol. The molecule has 128 valence electrons. The van der Waals surface area contributed by atoms with Crippen molar-refractivity contribution in [3.8, 4) is 0 Å². The van der Waals surface area contributed by atoms with Crippen LogP contribution in [-0.2, 0) is 0 Å². The third-order valence-electron chi connectivity index (χ3n) is 6.43. The van der Waals surface area contributed by atoms with Gasteiger partial charge in [-0.25, -0.2) is 0 Å². The van der Waals surface area contributed by atoms with Crippen LogP contribution in [0.1, 0.15) is 34.6 Å². The molecule has 1 atom stereocenters. The molecule has 0 amide bonds. The fourth-order valence-electron chi connectivity index (χ4n) is 4.52. The highest BCUT2D eigenvalue weighted by Crippen LogP contribution is 2.56. The van der Waals surface area contributed by atoms with Gasteiger partial charge in [-0.15, -0.1) is 0 Å². The Morgan fingerprint density at radius 3 is 2.33 bits per heavy atom. The number of nitrogens with zero attached hydrogens (tertiary/aromatic N) is 2. The first-order chi connectivity index (χ1) is 11.3. The maximum absolute atomic E-state index is 4.13. The van der Waals surface area contributed by atoms with Crippen molar-refractivity contribution in [3.63, 3.8) is 0 Å². The van der Waals surface area contributed by atoms with Crippen LogP contribution in [0.3, 0.4) is 0 Å². The molecule has 2 nitrogen and oxygen atoms in total. The number of hydrogen-bond donors (Lipinski definition) is 0. The molecule has 2 heterocycles. The zero-order valence-corrected chi connectivity index (χ0v) is 15.9. The largest absolute Gasteiger partial charge is 0.352 e.